The molecule has 0 unspecified atom stereocenters. The third-order valence-corrected chi connectivity index (χ3v) is 2.62. The number of aliphatic hydroxyl groups is 1. The van der Waals surface area contributed by atoms with Crippen LogP contribution in [-0.4, -0.2) is 44.1 Å². The summed E-state index contributed by atoms with van der Waals surface area (Å²) in [5.41, 5.74) is 0.367. The molecule has 0 aliphatic carbocycles. The molecule has 1 N–H and O–H groups in total. The van der Waals surface area contributed by atoms with E-state index >= 15 is 0 Å². The number of aromatic nitrogens is 2. The number of fused-ring (bicyclic) bond motifs is 1. The fourth-order valence-corrected chi connectivity index (χ4v) is 1.90. The monoisotopic (exact) mass is 253 g/mol. The van der Waals surface area contributed by atoms with E-state index in [-0.39, 0.29) is 6.54 Å². The second kappa shape index (κ2) is 4.61. The molecule has 1 aromatic rings. The molecule has 6 nitrogen and oxygen atoms in total. The standard InChI is InChI=1S/C12H19N3O3/c1-12(2,3)18-11(17)14-6-9-4-5-13-15(9)8-10(16)7-14/h4-5,10,16H,6-8H2,1-3H3/t10-/m0/s1. The summed E-state index contributed by atoms with van der Waals surface area (Å²) in [7, 11) is 0. The van der Waals surface area contributed by atoms with Gasteiger partial charge in [0.1, 0.15) is 5.60 Å². The zero-order valence-corrected chi connectivity index (χ0v) is 11.0. The maximum Gasteiger partial charge on any atom is 0.410 e. The molecule has 0 bridgehead atoms. The van der Waals surface area contributed by atoms with Gasteiger partial charge in [-0.05, 0) is 26.8 Å². The molecule has 2 rings (SSSR count). The quantitative estimate of drug-likeness (QED) is 0.749. The van der Waals surface area contributed by atoms with Crippen LogP contribution >= 0.6 is 0 Å². The molecule has 1 aromatic heterocycles. The number of hydrogen-bond acceptors (Lipinski definition) is 4. The van der Waals surface area contributed by atoms with Crippen LogP contribution in [0.4, 0.5) is 4.79 Å². The van der Waals surface area contributed by atoms with Gasteiger partial charge in [-0.15, -0.1) is 0 Å². The average molecular weight is 253 g/mol. The van der Waals surface area contributed by atoms with Crippen LogP contribution in [0.3, 0.4) is 0 Å². The van der Waals surface area contributed by atoms with Gasteiger partial charge in [-0.1, -0.05) is 0 Å². The average Bonchev–Trinajstić information content (AvgIpc) is 2.55. The van der Waals surface area contributed by atoms with E-state index in [1.54, 1.807) is 10.9 Å². The van der Waals surface area contributed by atoms with Crippen molar-refractivity contribution in [2.75, 3.05) is 6.54 Å². The Kier molecular flexibility index (Phi) is 3.30. The molecule has 18 heavy (non-hydrogen) atoms. The Morgan fingerprint density at radius 1 is 1.50 bits per heavy atom. The topological polar surface area (TPSA) is 67.6 Å². The van der Waals surface area contributed by atoms with Crippen molar-refractivity contribution in [1.29, 1.82) is 0 Å². The number of rotatable bonds is 0. The number of nitrogens with zero attached hydrogens (tertiary/aromatic N) is 3. The zero-order valence-electron chi connectivity index (χ0n) is 11.0. The highest BCUT2D eigenvalue weighted by Gasteiger charge is 2.27. The van der Waals surface area contributed by atoms with E-state index in [4.69, 9.17) is 4.74 Å². The maximum absolute atomic E-state index is 12.0. The highest BCUT2D eigenvalue weighted by Crippen LogP contribution is 2.16. The Bertz CT molecular complexity index is 436. The SMILES string of the molecule is CC(C)(C)OC(=O)N1Cc2ccnn2C[C@@H](O)C1. The van der Waals surface area contributed by atoms with E-state index in [0.717, 1.165) is 5.69 Å². The van der Waals surface area contributed by atoms with Gasteiger partial charge < -0.3 is 9.84 Å². The minimum Gasteiger partial charge on any atom is -0.444 e. The van der Waals surface area contributed by atoms with E-state index in [9.17, 15) is 9.90 Å². The summed E-state index contributed by atoms with van der Waals surface area (Å²) >= 11 is 0. The molecule has 1 atom stereocenters. The molecular weight excluding hydrogens is 234 g/mol. The Balaban J connectivity index is 2.12. The number of hydrogen-bond donors (Lipinski definition) is 1. The lowest BCUT2D eigenvalue weighted by atomic mass is 10.2. The summed E-state index contributed by atoms with van der Waals surface area (Å²) in [6.07, 6.45) is 0.635. The Morgan fingerprint density at radius 2 is 2.22 bits per heavy atom. The first-order chi connectivity index (χ1) is 8.35. The van der Waals surface area contributed by atoms with Gasteiger partial charge in [0.2, 0.25) is 0 Å². The van der Waals surface area contributed by atoms with Crippen molar-refractivity contribution in [2.45, 2.75) is 45.6 Å². The van der Waals surface area contributed by atoms with Crippen molar-refractivity contribution >= 4 is 6.09 Å². The molecule has 1 aliphatic heterocycles. The second-order valence-electron chi connectivity index (χ2n) is 5.52. The fraction of sp³-hybridized carbons (Fsp3) is 0.667. The number of carbonyl (C=O) groups is 1. The van der Waals surface area contributed by atoms with Gasteiger partial charge in [0.25, 0.3) is 0 Å². The summed E-state index contributed by atoms with van der Waals surface area (Å²) in [5, 5.41) is 14.0. The largest absolute Gasteiger partial charge is 0.444 e. The number of aliphatic hydroxyl groups excluding tert-OH is 1. The lowest BCUT2D eigenvalue weighted by Gasteiger charge is -2.26. The van der Waals surface area contributed by atoms with Crippen LogP contribution in [0.2, 0.25) is 0 Å². The molecule has 2 heterocycles. The van der Waals surface area contributed by atoms with E-state index in [1.807, 2.05) is 26.8 Å². The van der Waals surface area contributed by atoms with Crippen LogP contribution in [0, 0.1) is 0 Å². The highest BCUT2D eigenvalue weighted by atomic mass is 16.6. The first-order valence-electron chi connectivity index (χ1n) is 6.02. The van der Waals surface area contributed by atoms with Gasteiger partial charge in [0, 0.05) is 6.20 Å². The smallest absolute Gasteiger partial charge is 0.410 e. The zero-order chi connectivity index (χ0) is 13.3. The highest BCUT2D eigenvalue weighted by molar-refractivity contribution is 5.68. The minimum absolute atomic E-state index is 0.262. The Hall–Kier alpha value is -1.56. The van der Waals surface area contributed by atoms with Crippen LogP contribution in [0.25, 0.3) is 0 Å². The van der Waals surface area contributed by atoms with Crippen LogP contribution in [0.15, 0.2) is 12.3 Å². The molecular formula is C12H19N3O3. The van der Waals surface area contributed by atoms with Crippen LogP contribution < -0.4 is 0 Å². The predicted octanol–water partition coefficient (Wildman–Crippen LogP) is 0.995. The van der Waals surface area contributed by atoms with Crippen molar-refractivity contribution < 1.29 is 14.6 Å². The molecule has 0 radical (unpaired) electrons. The Labute approximate surface area is 106 Å². The third kappa shape index (κ3) is 3.01. The molecule has 0 spiro atoms. The van der Waals surface area contributed by atoms with Gasteiger partial charge in [0.05, 0.1) is 31.4 Å². The lowest BCUT2D eigenvalue weighted by molar-refractivity contribution is 0.0138. The first-order valence-corrected chi connectivity index (χ1v) is 6.02. The second-order valence-corrected chi connectivity index (χ2v) is 5.52. The van der Waals surface area contributed by atoms with Gasteiger partial charge in [-0.3, -0.25) is 9.58 Å². The number of β-amino-alcohol motifs (C(OH)–C–C–N with tert-alkyl or cyclic N) is 1. The molecule has 0 saturated carbocycles. The molecule has 100 valence electrons. The van der Waals surface area contributed by atoms with Crippen LogP contribution in [0.5, 0.6) is 0 Å². The molecule has 6 heteroatoms. The van der Waals surface area contributed by atoms with E-state index in [2.05, 4.69) is 5.10 Å². The number of ether oxygens (including phenoxy) is 1. The summed E-state index contributed by atoms with van der Waals surface area (Å²) in [6.45, 7) is 6.54. The van der Waals surface area contributed by atoms with Crippen LogP contribution in [0.1, 0.15) is 26.5 Å². The number of carbonyl (C=O) groups excluding carboxylic acids is 1. The molecule has 0 fully saturated rings. The normalized spacial score (nSPS) is 20.2. The summed E-state index contributed by atoms with van der Waals surface area (Å²) in [4.78, 5) is 13.5. The third-order valence-electron chi connectivity index (χ3n) is 2.62. The molecule has 1 aliphatic rings. The predicted molar refractivity (Wildman–Crippen MR) is 64.9 cm³/mol. The van der Waals surface area contributed by atoms with Gasteiger partial charge in [0.15, 0.2) is 0 Å². The van der Waals surface area contributed by atoms with E-state index < -0.39 is 17.8 Å². The van der Waals surface area contributed by atoms with Crippen molar-refractivity contribution in [3.8, 4) is 0 Å². The van der Waals surface area contributed by atoms with Gasteiger partial charge >= 0.3 is 6.09 Å². The summed E-state index contributed by atoms with van der Waals surface area (Å²) in [6, 6.07) is 1.84. The molecule has 0 aromatic carbocycles. The molecule has 0 saturated heterocycles. The maximum atomic E-state index is 12.0. The summed E-state index contributed by atoms with van der Waals surface area (Å²) in [5.74, 6) is 0. The van der Waals surface area contributed by atoms with E-state index in [1.165, 1.54) is 4.90 Å². The van der Waals surface area contributed by atoms with Gasteiger partial charge in [-0.2, -0.15) is 5.10 Å². The lowest BCUT2D eigenvalue weighted by Crippen LogP contribution is -2.39. The van der Waals surface area contributed by atoms with Crippen molar-refractivity contribution in [2.24, 2.45) is 0 Å². The fourth-order valence-electron chi connectivity index (χ4n) is 1.90. The van der Waals surface area contributed by atoms with Crippen molar-refractivity contribution in [1.82, 2.24) is 14.7 Å². The van der Waals surface area contributed by atoms with Crippen molar-refractivity contribution in [3.05, 3.63) is 18.0 Å². The van der Waals surface area contributed by atoms with Crippen LogP contribution in [-0.2, 0) is 17.8 Å². The first kappa shape index (κ1) is 12.9. The van der Waals surface area contributed by atoms with E-state index in [0.29, 0.717) is 13.1 Å². The Morgan fingerprint density at radius 3 is 2.89 bits per heavy atom. The van der Waals surface area contributed by atoms with Gasteiger partial charge in [-0.25, -0.2) is 4.79 Å². The summed E-state index contributed by atoms with van der Waals surface area (Å²) < 4.78 is 7.04. The minimum atomic E-state index is -0.626. The molecule has 1 amide bonds. The van der Waals surface area contributed by atoms with Crippen molar-refractivity contribution in [3.63, 3.8) is 0 Å². The number of amides is 1.